The molecule has 0 saturated heterocycles. The first-order valence-corrected chi connectivity index (χ1v) is 4.26. The van der Waals surface area contributed by atoms with Crippen LogP contribution in [-0.4, -0.2) is 13.8 Å². The number of amides is 1. The lowest BCUT2D eigenvalue weighted by Gasteiger charge is -2.01. The zero-order valence-electron chi connectivity index (χ0n) is 7.53. The van der Waals surface area contributed by atoms with Gasteiger partial charge in [0.15, 0.2) is 0 Å². The highest BCUT2D eigenvalue weighted by Crippen LogP contribution is 2.14. The zero-order valence-corrected chi connectivity index (χ0v) is 7.53. The maximum Gasteiger partial charge on any atom is 0.248 e. The predicted octanol–water partition coefficient (Wildman–Crippen LogP) is 0.733. The summed E-state index contributed by atoms with van der Waals surface area (Å²) >= 11 is 0. The van der Waals surface area contributed by atoms with E-state index in [9.17, 15) is 4.79 Å². The molecule has 2 aromatic rings. The molecule has 0 bridgehead atoms. The summed E-state index contributed by atoms with van der Waals surface area (Å²) in [6.07, 6.45) is 0. The summed E-state index contributed by atoms with van der Waals surface area (Å²) in [6, 6.07) is 10.8. The standard InChI is InChI=1S/C11H8BNO/c12-10-4-3-7-5-9(11(13)14)2-1-8(7)6-10/h1-6H,(H2,13,14). The highest BCUT2D eigenvalue weighted by Gasteiger charge is 2.00. The Morgan fingerprint density at radius 1 is 1.07 bits per heavy atom. The van der Waals surface area contributed by atoms with Gasteiger partial charge in [-0.3, -0.25) is 4.79 Å². The number of rotatable bonds is 1. The third-order valence-corrected chi connectivity index (χ3v) is 2.15. The minimum Gasteiger partial charge on any atom is -0.366 e. The molecule has 0 saturated carbocycles. The first-order valence-electron chi connectivity index (χ1n) is 4.26. The lowest BCUT2D eigenvalue weighted by molar-refractivity contribution is 0.100. The quantitative estimate of drug-likeness (QED) is 0.647. The van der Waals surface area contributed by atoms with Crippen LogP contribution in [0.2, 0.25) is 0 Å². The highest BCUT2D eigenvalue weighted by atomic mass is 16.1. The van der Waals surface area contributed by atoms with Gasteiger partial charge in [0.1, 0.15) is 7.85 Å². The fraction of sp³-hybridized carbons (Fsp3) is 0. The van der Waals surface area contributed by atoms with Gasteiger partial charge in [-0.15, -0.1) is 0 Å². The molecule has 66 valence electrons. The lowest BCUT2D eigenvalue weighted by atomic mass is 9.93. The van der Waals surface area contributed by atoms with Crippen molar-refractivity contribution in [1.29, 1.82) is 0 Å². The van der Waals surface area contributed by atoms with E-state index in [1.54, 1.807) is 18.2 Å². The van der Waals surface area contributed by atoms with Crippen LogP contribution in [0.5, 0.6) is 0 Å². The Morgan fingerprint density at radius 2 is 1.71 bits per heavy atom. The van der Waals surface area contributed by atoms with Crippen molar-refractivity contribution in [2.75, 3.05) is 0 Å². The van der Waals surface area contributed by atoms with Crippen LogP contribution in [0.3, 0.4) is 0 Å². The van der Waals surface area contributed by atoms with Crippen molar-refractivity contribution in [2.24, 2.45) is 5.73 Å². The summed E-state index contributed by atoms with van der Waals surface area (Å²) in [4.78, 5) is 10.9. The average molecular weight is 181 g/mol. The van der Waals surface area contributed by atoms with Gasteiger partial charge in [0.25, 0.3) is 0 Å². The molecule has 2 nitrogen and oxygen atoms in total. The number of primary amides is 1. The Kier molecular flexibility index (Phi) is 2.00. The summed E-state index contributed by atoms with van der Waals surface area (Å²) < 4.78 is 0. The van der Waals surface area contributed by atoms with Crippen LogP contribution in [0.25, 0.3) is 10.8 Å². The molecule has 0 fully saturated rings. The SMILES string of the molecule is [B]c1ccc2cc(C(N)=O)ccc2c1. The van der Waals surface area contributed by atoms with E-state index in [1.165, 1.54) is 0 Å². The third-order valence-electron chi connectivity index (χ3n) is 2.15. The first-order chi connectivity index (χ1) is 6.66. The predicted molar refractivity (Wildman–Crippen MR) is 57.9 cm³/mol. The molecule has 0 aliphatic carbocycles. The van der Waals surface area contributed by atoms with Crippen molar-refractivity contribution < 1.29 is 4.79 Å². The molecule has 0 unspecified atom stereocenters. The topological polar surface area (TPSA) is 43.1 Å². The molecular formula is C11H8BNO. The van der Waals surface area contributed by atoms with E-state index in [1.807, 2.05) is 18.2 Å². The zero-order chi connectivity index (χ0) is 10.1. The maximum absolute atomic E-state index is 10.9. The van der Waals surface area contributed by atoms with Crippen LogP contribution >= 0.6 is 0 Å². The summed E-state index contributed by atoms with van der Waals surface area (Å²) in [5.41, 5.74) is 6.40. The van der Waals surface area contributed by atoms with Crippen LogP contribution in [0, 0.1) is 0 Å². The van der Waals surface area contributed by atoms with E-state index in [4.69, 9.17) is 13.6 Å². The van der Waals surface area contributed by atoms with E-state index in [0.717, 1.165) is 10.8 Å². The molecule has 14 heavy (non-hydrogen) atoms. The van der Waals surface area contributed by atoms with Gasteiger partial charge in [-0.25, -0.2) is 0 Å². The van der Waals surface area contributed by atoms with Gasteiger partial charge in [-0.2, -0.15) is 0 Å². The van der Waals surface area contributed by atoms with Crippen LogP contribution < -0.4 is 11.2 Å². The van der Waals surface area contributed by atoms with Gasteiger partial charge in [-0.05, 0) is 22.9 Å². The molecule has 0 spiro atoms. The normalized spacial score (nSPS) is 10.3. The first kappa shape index (κ1) is 8.82. The Hall–Kier alpha value is -1.77. The van der Waals surface area contributed by atoms with Gasteiger partial charge in [0.05, 0.1) is 0 Å². The minimum absolute atomic E-state index is 0.413. The second-order valence-corrected chi connectivity index (χ2v) is 3.19. The van der Waals surface area contributed by atoms with Crippen molar-refractivity contribution >= 4 is 30.0 Å². The number of benzene rings is 2. The molecule has 0 aromatic heterocycles. The molecule has 2 aromatic carbocycles. The maximum atomic E-state index is 10.9. The van der Waals surface area contributed by atoms with Crippen molar-refractivity contribution in [1.82, 2.24) is 0 Å². The smallest absolute Gasteiger partial charge is 0.248 e. The molecule has 0 atom stereocenters. The Balaban J connectivity index is 2.67. The van der Waals surface area contributed by atoms with Gasteiger partial charge >= 0.3 is 0 Å². The molecule has 2 N–H and O–H groups in total. The summed E-state index contributed by atoms with van der Waals surface area (Å²) in [6.45, 7) is 0. The molecule has 2 rings (SSSR count). The molecule has 2 radical (unpaired) electrons. The second kappa shape index (κ2) is 3.18. The number of carbonyl (C=O) groups is 1. The van der Waals surface area contributed by atoms with Crippen molar-refractivity contribution in [2.45, 2.75) is 0 Å². The fourth-order valence-electron chi connectivity index (χ4n) is 1.42. The van der Waals surface area contributed by atoms with E-state index in [2.05, 4.69) is 0 Å². The molecule has 0 aliphatic rings. The number of fused-ring (bicyclic) bond motifs is 1. The van der Waals surface area contributed by atoms with Crippen molar-refractivity contribution in [3.63, 3.8) is 0 Å². The Bertz CT molecular complexity index is 508. The number of carbonyl (C=O) groups excluding carboxylic acids is 1. The van der Waals surface area contributed by atoms with Crippen LogP contribution in [-0.2, 0) is 0 Å². The average Bonchev–Trinajstić information content (AvgIpc) is 2.16. The van der Waals surface area contributed by atoms with Crippen molar-refractivity contribution in [3.8, 4) is 0 Å². The molecule has 0 heterocycles. The van der Waals surface area contributed by atoms with Gasteiger partial charge in [0.2, 0.25) is 5.91 Å². The summed E-state index contributed by atoms with van der Waals surface area (Å²) in [7, 11) is 5.63. The van der Waals surface area contributed by atoms with Gasteiger partial charge < -0.3 is 5.73 Å². The van der Waals surface area contributed by atoms with Crippen LogP contribution in [0.15, 0.2) is 36.4 Å². The van der Waals surface area contributed by atoms with Gasteiger partial charge in [-0.1, -0.05) is 29.7 Å². The third kappa shape index (κ3) is 1.49. The molecule has 3 heteroatoms. The number of nitrogens with two attached hydrogens (primary N) is 1. The fourth-order valence-corrected chi connectivity index (χ4v) is 1.42. The highest BCUT2D eigenvalue weighted by molar-refractivity contribution is 6.33. The van der Waals surface area contributed by atoms with Gasteiger partial charge in [0, 0.05) is 5.56 Å². The minimum atomic E-state index is -0.413. The Labute approximate surface area is 83.1 Å². The van der Waals surface area contributed by atoms with E-state index >= 15 is 0 Å². The summed E-state index contributed by atoms with van der Waals surface area (Å²) in [5.74, 6) is -0.413. The lowest BCUT2D eigenvalue weighted by Crippen LogP contribution is -2.10. The van der Waals surface area contributed by atoms with E-state index < -0.39 is 5.91 Å². The van der Waals surface area contributed by atoms with E-state index in [0.29, 0.717) is 11.0 Å². The molecular weight excluding hydrogens is 173 g/mol. The Morgan fingerprint density at radius 3 is 2.43 bits per heavy atom. The van der Waals surface area contributed by atoms with Crippen LogP contribution in [0.4, 0.5) is 0 Å². The van der Waals surface area contributed by atoms with Crippen molar-refractivity contribution in [3.05, 3.63) is 42.0 Å². The number of hydrogen-bond donors (Lipinski definition) is 1. The van der Waals surface area contributed by atoms with E-state index in [-0.39, 0.29) is 0 Å². The molecule has 1 amide bonds. The number of hydrogen-bond acceptors (Lipinski definition) is 1. The largest absolute Gasteiger partial charge is 0.366 e. The monoisotopic (exact) mass is 181 g/mol. The van der Waals surface area contributed by atoms with Crippen LogP contribution in [0.1, 0.15) is 10.4 Å². The summed E-state index contributed by atoms with van der Waals surface area (Å²) in [5, 5.41) is 1.98. The second-order valence-electron chi connectivity index (χ2n) is 3.19. The molecule has 0 aliphatic heterocycles.